The van der Waals surface area contributed by atoms with Crippen LogP contribution in [0.3, 0.4) is 0 Å². The number of hydrogen-bond acceptors (Lipinski definition) is 5. The van der Waals surface area contributed by atoms with Crippen molar-refractivity contribution in [2.75, 3.05) is 12.9 Å². The number of aromatic amines is 1. The van der Waals surface area contributed by atoms with Crippen molar-refractivity contribution in [2.45, 2.75) is 11.8 Å². The van der Waals surface area contributed by atoms with Gasteiger partial charge in [-0.2, -0.15) is 10.4 Å². The Morgan fingerprint density at radius 2 is 2.08 bits per heavy atom. The summed E-state index contributed by atoms with van der Waals surface area (Å²) in [5.74, 6) is 0.481. The Hall–Kier alpha value is -2.85. The first-order chi connectivity index (χ1) is 11.4. The van der Waals surface area contributed by atoms with Gasteiger partial charge in [0, 0.05) is 17.2 Å². The molecule has 0 amide bonds. The zero-order valence-corrected chi connectivity index (χ0v) is 14.0. The summed E-state index contributed by atoms with van der Waals surface area (Å²) < 4.78 is 29.0. The number of benzene rings is 2. The van der Waals surface area contributed by atoms with E-state index in [4.69, 9.17) is 4.74 Å². The number of rotatable bonds is 4. The molecule has 1 heterocycles. The van der Waals surface area contributed by atoms with Gasteiger partial charge in [-0.3, -0.25) is 5.10 Å². The number of nitrogens with one attached hydrogen (secondary N) is 1. The Balaban J connectivity index is 2.21. The third kappa shape index (κ3) is 2.84. The van der Waals surface area contributed by atoms with E-state index in [1.54, 1.807) is 36.4 Å². The van der Waals surface area contributed by atoms with E-state index in [1.165, 1.54) is 6.26 Å². The van der Waals surface area contributed by atoms with Crippen LogP contribution in [-0.4, -0.2) is 31.5 Å². The van der Waals surface area contributed by atoms with Gasteiger partial charge in [0.2, 0.25) is 0 Å². The molecule has 122 valence electrons. The lowest BCUT2D eigenvalue weighted by Gasteiger charge is -2.06. The molecule has 2 aromatic carbocycles. The van der Waals surface area contributed by atoms with Crippen LogP contribution in [-0.2, 0) is 9.84 Å². The summed E-state index contributed by atoms with van der Waals surface area (Å²) in [6, 6.07) is 12.1. The molecule has 0 spiro atoms. The van der Waals surface area contributed by atoms with Crippen LogP contribution >= 0.6 is 0 Å². The van der Waals surface area contributed by atoms with Gasteiger partial charge >= 0.3 is 0 Å². The minimum Gasteiger partial charge on any atom is -0.492 e. The van der Waals surface area contributed by atoms with Gasteiger partial charge in [0.05, 0.1) is 22.6 Å². The van der Waals surface area contributed by atoms with Gasteiger partial charge in [-0.15, -0.1) is 0 Å². The second-order valence-corrected chi connectivity index (χ2v) is 7.33. The minimum absolute atomic E-state index is 0.231. The largest absolute Gasteiger partial charge is 0.492 e. The fraction of sp³-hybridized carbons (Fsp3) is 0.176. The molecular weight excluding hydrogens is 326 g/mol. The van der Waals surface area contributed by atoms with Gasteiger partial charge in [0.25, 0.3) is 0 Å². The topological polar surface area (TPSA) is 95.8 Å². The number of H-pyrrole nitrogens is 1. The second kappa shape index (κ2) is 5.98. The summed E-state index contributed by atoms with van der Waals surface area (Å²) >= 11 is 0. The Kier molecular flexibility index (Phi) is 3.99. The van der Waals surface area contributed by atoms with Crippen molar-refractivity contribution in [1.29, 1.82) is 5.26 Å². The summed E-state index contributed by atoms with van der Waals surface area (Å²) in [7, 11) is -3.30. The zero-order chi connectivity index (χ0) is 17.3. The number of ether oxygens (including phenoxy) is 1. The fourth-order valence-electron chi connectivity index (χ4n) is 2.50. The molecule has 0 bridgehead atoms. The summed E-state index contributed by atoms with van der Waals surface area (Å²) in [5, 5.41) is 17.2. The average Bonchev–Trinajstić information content (AvgIpc) is 2.96. The Morgan fingerprint density at radius 3 is 2.75 bits per heavy atom. The third-order valence-corrected chi connectivity index (χ3v) is 4.73. The Bertz CT molecular complexity index is 1060. The van der Waals surface area contributed by atoms with Crippen molar-refractivity contribution < 1.29 is 13.2 Å². The standard InChI is InChI=1S/C17H15N3O3S/c1-3-23-16-9-14-15(8-12(16)10-18)19-20-17(14)11-5-4-6-13(7-11)24(2,21)22/h4-9H,3H2,1-2H3,(H,19,20). The van der Waals surface area contributed by atoms with E-state index < -0.39 is 9.84 Å². The molecular formula is C17H15N3O3S. The molecule has 0 atom stereocenters. The van der Waals surface area contributed by atoms with Gasteiger partial charge in [0.15, 0.2) is 9.84 Å². The van der Waals surface area contributed by atoms with Crippen LogP contribution in [0, 0.1) is 11.3 Å². The maximum Gasteiger partial charge on any atom is 0.175 e. The zero-order valence-electron chi connectivity index (χ0n) is 13.2. The molecule has 0 saturated carbocycles. The first kappa shape index (κ1) is 16.0. The predicted molar refractivity (Wildman–Crippen MR) is 90.5 cm³/mol. The lowest BCUT2D eigenvalue weighted by atomic mass is 10.1. The summed E-state index contributed by atoms with van der Waals surface area (Å²) in [6.07, 6.45) is 1.17. The van der Waals surface area contributed by atoms with Crippen LogP contribution in [0.1, 0.15) is 12.5 Å². The third-order valence-electron chi connectivity index (χ3n) is 3.62. The van der Waals surface area contributed by atoms with Crippen LogP contribution in [0.25, 0.3) is 22.2 Å². The van der Waals surface area contributed by atoms with E-state index in [2.05, 4.69) is 16.3 Å². The number of sulfone groups is 1. The molecule has 0 aliphatic carbocycles. The molecule has 0 saturated heterocycles. The lowest BCUT2D eigenvalue weighted by molar-refractivity contribution is 0.340. The predicted octanol–water partition coefficient (Wildman–Crippen LogP) is 2.90. The van der Waals surface area contributed by atoms with Crippen LogP contribution < -0.4 is 4.74 Å². The van der Waals surface area contributed by atoms with Crippen LogP contribution in [0.5, 0.6) is 5.75 Å². The molecule has 0 aliphatic rings. The van der Waals surface area contributed by atoms with Gasteiger partial charge in [-0.05, 0) is 31.2 Å². The Labute approximate surface area is 139 Å². The highest BCUT2D eigenvalue weighted by atomic mass is 32.2. The van der Waals surface area contributed by atoms with E-state index in [1.807, 2.05) is 6.92 Å². The number of nitriles is 1. The molecule has 3 rings (SSSR count). The van der Waals surface area contributed by atoms with Gasteiger partial charge in [-0.1, -0.05) is 12.1 Å². The normalized spacial score (nSPS) is 11.4. The number of nitrogens with zero attached hydrogens (tertiary/aromatic N) is 2. The quantitative estimate of drug-likeness (QED) is 0.787. The highest BCUT2D eigenvalue weighted by Crippen LogP contribution is 2.32. The van der Waals surface area contributed by atoms with Crippen molar-refractivity contribution in [2.24, 2.45) is 0 Å². The van der Waals surface area contributed by atoms with Crippen molar-refractivity contribution in [3.8, 4) is 23.1 Å². The van der Waals surface area contributed by atoms with Gasteiger partial charge in [0.1, 0.15) is 17.5 Å². The summed E-state index contributed by atoms with van der Waals surface area (Å²) in [6.45, 7) is 2.29. The molecule has 7 heteroatoms. The molecule has 3 aromatic rings. The van der Waals surface area contributed by atoms with Crippen LogP contribution in [0.15, 0.2) is 41.3 Å². The van der Waals surface area contributed by atoms with E-state index >= 15 is 0 Å². The average molecular weight is 341 g/mol. The molecule has 1 aromatic heterocycles. The van der Waals surface area contributed by atoms with Crippen LogP contribution in [0.2, 0.25) is 0 Å². The highest BCUT2D eigenvalue weighted by Gasteiger charge is 2.15. The van der Waals surface area contributed by atoms with Crippen molar-refractivity contribution in [3.05, 3.63) is 42.0 Å². The molecule has 6 nitrogen and oxygen atoms in total. The number of aromatic nitrogens is 2. The van der Waals surface area contributed by atoms with Gasteiger partial charge < -0.3 is 4.74 Å². The molecule has 0 aliphatic heterocycles. The first-order valence-electron chi connectivity index (χ1n) is 7.29. The molecule has 0 unspecified atom stereocenters. The molecule has 0 radical (unpaired) electrons. The summed E-state index contributed by atoms with van der Waals surface area (Å²) in [5.41, 5.74) is 2.40. The second-order valence-electron chi connectivity index (χ2n) is 5.31. The molecule has 24 heavy (non-hydrogen) atoms. The maximum absolute atomic E-state index is 11.8. The minimum atomic E-state index is -3.30. The first-order valence-corrected chi connectivity index (χ1v) is 9.18. The number of hydrogen-bond donors (Lipinski definition) is 1. The summed E-state index contributed by atoms with van der Waals surface area (Å²) in [4.78, 5) is 0.231. The SMILES string of the molecule is CCOc1cc2c(-c3cccc(S(C)(=O)=O)c3)n[nH]c2cc1C#N. The van der Waals surface area contributed by atoms with Crippen molar-refractivity contribution in [3.63, 3.8) is 0 Å². The van der Waals surface area contributed by atoms with Crippen molar-refractivity contribution >= 4 is 20.7 Å². The number of fused-ring (bicyclic) bond motifs is 1. The molecule has 0 fully saturated rings. The van der Waals surface area contributed by atoms with Crippen LogP contribution in [0.4, 0.5) is 0 Å². The van der Waals surface area contributed by atoms with E-state index in [9.17, 15) is 13.7 Å². The van der Waals surface area contributed by atoms with Gasteiger partial charge in [-0.25, -0.2) is 8.42 Å². The molecule has 1 N–H and O–H groups in total. The van der Waals surface area contributed by atoms with Crippen molar-refractivity contribution in [1.82, 2.24) is 10.2 Å². The fourth-order valence-corrected chi connectivity index (χ4v) is 3.17. The smallest absolute Gasteiger partial charge is 0.175 e. The maximum atomic E-state index is 11.8. The Morgan fingerprint density at radius 1 is 1.29 bits per heavy atom. The lowest BCUT2D eigenvalue weighted by Crippen LogP contribution is -1.97. The highest BCUT2D eigenvalue weighted by molar-refractivity contribution is 7.90. The van der Waals surface area contributed by atoms with E-state index in [-0.39, 0.29) is 4.90 Å². The monoisotopic (exact) mass is 341 g/mol. The van der Waals surface area contributed by atoms with E-state index in [0.29, 0.717) is 34.7 Å². The van der Waals surface area contributed by atoms with E-state index in [0.717, 1.165) is 5.39 Å².